The second-order valence-corrected chi connectivity index (χ2v) is 5.67. The molecule has 2 N–H and O–H groups in total. The van der Waals surface area contributed by atoms with Gasteiger partial charge >= 0.3 is 0 Å². The molecule has 0 aromatic heterocycles. The predicted molar refractivity (Wildman–Crippen MR) is 77.4 cm³/mol. The van der Waals surface area contributed by atoms with Gasteiger partial charge in [0.25, 0.3) is 0 Å². The Balaban J connectivity index is 2.08. The van der Waals surface area contributed by atoms with Gasteiger partial charge in [-0.15, -0.1) is 0 Å². The lowest BCUT2D eigenvalue weighted by molar-refractivity contribution is 0.0123. The van der Waals surface area contributed by atoms with E-state index in [9.17, 15) is 5.11 Å². The summed E-state index contributed by atoms with van der Waals surface area (Å²) in [7, 11) is 1.65. The Morgan fingerprint density at radius 3 is 2.47 bits per heavy atom. The highest BCUT2D eigenvalue weighted by Crippen LogP contribution is 2.25. The highest BCUT2D eigenvalue weighted by atomic mass is 16.5. The SMILES string of the molecule is COCCOCC(O)CN[C@@H](C)C1CCCCCC1. The first-order chi connectivity index (χ1) is 9.24. The summed E-state index contributed by atoms with van der Waals surface area (Å²) >= 11 is 0. The zero-order valence-corrected chi connectivity index (χ0v) is 12.6. The maximum absolute atomic E-state index is 9.82. The highest BCUT2D eigenvalue weighted by molar-refractivity contribution is 4.76. The Bertz CT molecular complexity index is 206. The smallest absolute Gasteiger partial charge is 0.0897 e. The van der Waals surface area contributed by atoms with Crippen LogP contribution in [0.5, 0.6) is 0 Å². The van der Waals surface area contributed by atoms with Crippen molar-refractivity contribution in [3.63, 3.8) is 0 Å². The zero-order valence-electron chi connectivity index (χ0n) is 12.6. The van der Waals surface area contributed by atoms with E-state index < -0.39 is 6.10 Å². The molecule has 0 aliphatic heterocycles. The molecule has 0 spiro atoms. The van der Waals surface area contributed by atoms with Gasteiger partial charge in [0.1, 0.15) is 0 Å². The molecule has 1 fully saturated rings. The van der Waals surface area contributed by atoms with Crippen molar-refractivity contribution in [2.75, 3.05) is 33.5 Å². The number of nitrogens with one attached hydrogen (secondary N) is 1. The van der Waals surface area contributed by atoms with Crippen LogP contribution in [0.4, 0.5) is 0 Å². The molecule has 0 amide bonds. The third kappa shape index (κ3) is 7.88. The molecular weight excluding hydrogens is 242 g/mol. The van der Waals surface area contributed by atoms with E-state index in [0.717, 1.165) is 5.92 Å². The summed E-state index contributed by atoms with van der Waals surface area (Å²) in [4.78, 5) is 0. The molecule has 0 radical (unpaired) electrons. The van der Waals surface area contributed by atoms with Crippen molar-refractivity contribution < 1.29 is 14.6 Å². The molecule has 2 atom stereocenters. The first-order valence-corrected chi connectivity index (χ1v) is 7.72. The molecule has 0 aromatic rings. The second kappa shape index (κ2) is 10.6. The summed E-state index contributed by atoms with van der Waals surface area (Å²) in [6, 6.07) is 0.492. The molecule has 1 unspecified atom stereocenters. The molecule has 1 aliphatic rings. The van der Waals surface area contributed by atoms with Crippen molar-refractivity contribution in [1.82, 2.24) is 5.32 Å². The molecule has 4 nitrogen and oxygen atoms in total. The van der Waals surface area contributed by atoms with Gasteiger partial charge in [-0.1, -0.05) is 25.7 Å². The van der Waals surface area contributed by atoms with Crippen LogP contribution in [0.15, 0.2) is 0 Å². The summed E-state index contributed by atoms with van der Waals surface area (Å²) in [5.41, 5.74) is 0. The molecule has 4 heteroatoms. The van der Waals surface area contributed by atoms with Crippen molar-refractivity contribution in [2.45, 2.75) is 57.6 Å². The van der Waals surface area contributed by atoms with Gasteiger partial charge in [-0.25, -0.2) is 0 Å². The number of ether oxygens (including phenoxy) is 2. The molecule has 0 aromatic carbocycles. The predicted octanol–water partition coefficient (Wildman–Crippen LogP) is 1.96. The molecule has 0 saturated heterocycles. The van der Waals surface area contributed by atoms with Gasteiger partial charge in [-0.3, -0.25) is 0 Å². The van der Waals surface area contributed by atoms with Crippen LogP contribution in [0.3, 0.4) is 0 Å². The molecule has 0 heterocycles. The van der Waals surface area contributed by atoms with E-state index in [2.05, 4.69) is 12.2 Å². The monoisotopic (exact) mass is 273 g/mol. The molecular formula is C15H31NO3. The standard InChI is InChI=1S/C15H31NO3/c1-13(14-7-5-3-4-6-8-14)16-11-15(17)12-19-10-9-18-2/h13-17H,3-12H2,1-2H3/t13-,15?/m0/s1. The van der Waals surface area contributed by atoms with Crippen LogP contribution in [0, 0.1) is 5.92 Å². The van der Waals surface area contributed by atoms with Gasteiger partial charge in [0.2, 0.25) is 0 Å². The number of rotatable bonds is 9. The van der Waals surface area contributed by atoms with Crippen LogP contribution in [-0.4, -0.2) is 50.7 Å². The summed E-state index contributed by atoms with van der Waals surface area (Å²) in [5.74, 6) is 0.768. The third-order valence-electron chi connectivity index (χ3n) is 4.02. The van der Waals surface area contributed by atoms with Crippen LogP contribution in [0.25, 0.3) is 0 Å². The summed E-state index contributed by atoms with van der Waals surface area (Å²) in [5, 5.41) is 13.3. The minimum atomic E-state index is -0.426. The summed E-state index contributed by atoms with van der Waals surface area (Å²) < 4.78 is 10.2. The quantitative estimate of drug-likeness (QED) is 0.498. The van der Waals surface area contributed by atoms with Crippen molar-refractivity contribution in [1.29, 1.82) is 0 Å². The van der Waals surface area contributed by atoms with E-state index in [-0.39, 0.29) is 0 Å². The normalized spacial score (nSPS) is 21.0. The van der Waals surface area contributed by atoms with E-state index in [1.165, 1.54) is 38.5 Å². The Hall–Kier alpha value is -0.160. The van der Waals surface area contributed by atoms with Crippen molar-refractivity contribution >= 4 is 0 Å². The molecule has 19 heavy (non-hydrogen) atoms. The van der Waals surface area contributed by atoms with E-state index >= 15 is 0 Å². The Morgan fingerprint density at radius 2 is 1.84 bits per heavy atom. The molecule has 1 rings (SSSR count). The van der Waals surface area contributed by atoms with E-state index in [1.807, 2.05) is 0 Å². The molecule has 114 valence electrons. The lowest BCUT2D eigenvalue weighted by Gasteiger charge is -2.25. The minimum Gasteiger partial charge on any atom is -0.389 e. The zero-order chi connectivity index (χ0) is 13.9. The van der Waals surface area contributed by atoms with Gasteiger partial charge < -0.3 is 19.9 Å². The summed E-state index contributed by atoms with van der Waals surface area (Å²) in [6.45, 7) is 4.37. The van der Waals surface area contributed by atoms with Gasteiger partial charge in [0.05, 0.1) is 25.9 Å². The van der Waals surface area contributed by atoms with Crippen LogP contribution in [-0.2, 0) is 9.47 Å². The maximum Gasteiger partial charge on any atom is 0.0897 e. The Morgan fingerprint density at radius 1 is 1.16 bits per heavy atom. The van der Waals surface area contributed by atoms with Crippen LogP contribution in [0.2, 0.25) is 0 Å². The highest BCUT2D eigenvalue weighted by Gasteiger charge is 2.19. The van der Waals surface area contributed by atoms with E-state index in [4.69, 9.17) is 9.47 Å². The maximum atomic E-state index is 9.82. The number of aliphatic hydroxyl groups excluding tert-OH is 1. The Labute approximate surface area is 117 Å². The lowest BCUT2D eigenvalue weighted by atomic mass is 9.93. The van der Waals surface area contributed by atoms with Gasteiger partial charge in [-0.05, 0) is 25.7 Å². The fraction of sp³-hybridized carbons (Fsp3) is 1.00. The van der Waals surface area contributed by atoms with Crippen LogP contribution >= 0.6 is 0 Å². The largest absolute Gasteiger partial charge is 0.389 e. The average Bonchev–Trinajstić information content (AvgIpc) is 2.70. The fourth-order valence-electron chi connectivity index (χ4n) is 2.72. The number of aliphatic hydroxyl groups is 1. The molecule has 1 aliphatic carbocycles. The van der Waals surface area contributed by atoms with Gasteiger partial charge in [-0.2, -0.15) is 0 Å². The Kier molecular flexibility index (Phi) is 9.43. The number of hydrogen-bond donors (Lipinski definition) is 2. The van der Waals surface area contributed by atoms with Crippen molar-refractivity contribution in [3.05, 3.63) is 0 Å². The average molecular weight is 273 g/mol. The third-order valence-corrected chi connectivity index (χ3v) is 4.02. The van der Waals surface area contributed by atoms with Crippen LogP contribution < -0.4 is 5.32 Å². The van der Waals surface area contributed by atoms with E-state index in [1.54, 1.807) is 7.11 Å². The first kappa shape index (κ1) is 16.9. The first-order valence-electron chi connectivity index (χ1n) is 7.72. The number of hydrogen-bond acceptors (Lipinski definition) is 4. The topological polar surface area (TPSA) is 50.7 Å². The molecule has 1 saturated carbocycles. The van der Waals surface area contributed by atoms with Gasteiger partial charge in [0, 0.05) is 19.7 Å². The van der Waals surface area contributed by atoms with Gasteiger partial charge in [0.15, 0.2) is 0 Å². The van der Waals surface area contributed by atoms with Crippen molar-refractivity contribution in [3.8, 4) is 0 Å². The lowest BCUT2D eigenvalue weighted by Crippen LogP contribution is -2.40. The molecule has 0 bridgehead atoms. The van der Waals surface area contributed by atoms with Crippen molar-refractivity contribution in [2.24, 2.45) is 5.92 Å². The number of methoxy groups -OCH3 is 1. The summed E-state index contributed by atoms with van der Waals surface area (Å²) in [6.07, 6.45) is 7.73. The second-order valence-electron chi connectivity index (χ2n) is 5.67. The van der Waals surface area contributed by atoms with E-state index in [0.29, 0.717) is 32.4 Å². The fourth-order valence-corrected chi connectivity index (χ4v) is 2.72. The minimum absolute atomic E-state index is 0.383. The van der Waals surface area contributed by atoms with Crippen LogP contribution in [0.1, 0.15) is 45.4 Å².